The zero-order chi connectivity index (χ0) is 41.3. The van der Waals surface area contributed by atoms with Crippen molar-refractivity contribution in [3.63, 3.8) is 0 Å². The van der Waals surface area contributed by atoms with Crippen LogP contribution in [0.2, 0.25) is 0 Å². The van der Waals surface area contributed by atoms with Crippen LogP contribution in [0.4, 0.5) is 0 Å². The maximum Gasteiger partial charge on any atom is 0.309 e. The van der Waals surface area contributed by atoms with Crippen LogP contribution in [-0.2, 0) is 33.3 Å². The highest BCUT2D eigenvalue weighted by Crippen LogP contribution is 2.54. The largest absolute Gasteiger partial charge is 0.481 e. The van der Waals surface area contributed by atoms with Crippen LogP contribution in [0.3, 0.4) is 0 Å². The third-order valence-electron chi connectivity index (χ3n) is 14.4. The quantitative estimate of drug-likeness (QED) is 0.148. The maximum atomic E-state index is 14.4. The van der Waals surface area contributed by atoms with E-state index in [0.717, 1.165) is 6.42 Å². The minimum atomic E-state index is -1.37. The summed E-state index contributed by atoms with van der Waals surface area (Å²) in [4.78, 5) is 26.4. The van der Waals surface area contributed by atoms with Gasteiger partial charge in [-0.15, -0.1) is 0 Å². The van der Waals surface area contributed by atoms with Gasteiger partial charge in [-0.3, -0.25) is 9.59 Å². The minimum absolute atomic E-state index is 0.0137. The molecule has 7 unspecified atom stereocenters. The van der Waals surface area contributed by atoms with Crippen molar-refractivity contribution in [2.24, 2.45) is 41.4 Å². The van der Waals surface area contributed by atoms with E-state index in [0.29, 0.717) is 57.8 Å². The van der Waals surface area contributed by atoms with Crippen molar-refractivity contribution in [3.05, 3.63) is 12.2 Å². The van der Waals surface area contributed by atoms with Crippen molar-refractivity contribution >= 4 is 11.8 Å². The first-order valence-corrected chi connectivity index (χ1v) is 21.7. The van der Waals surface area contributed by atoms with E-state index in [4.69, 9.17) is 23.7 Å². The Bertz CT molecular complexity index is 1320. The van der Waals surface area contributed by atoms with Gasteiger partial charge in [0.2, 0.25) is 5.79 Å². The summed E-state index contributed by atoms with van der Waals surface area (Å²) in [5, 5.41) is 44.0. The van der Waals surface area contributed by atoms with Gasteiger partial charge in [-0.2, -0.15) is 0 Å². The van der Waals surface area contributed by atoms with Crippen molar-refractivity contribution in [1.82, 2.24) is 0 Å². The molecule has 318 valence electrons. The number of Topliss-reactive ketones (excluding diaryl/α,β-unsaturated/α-hetero) is 1. The van der Waals surface area contributed by atoms with Crippen LogP contribution < -0.4 is 0 Å². The van der Waals surface area contributed by atoms with Crippen LogP contribution in [0.5, 0.6) is 0 Å². The number of carboxylic acid groups (broad SMARTS) is 1. The van der Waals surface area contributed by atoms with Crippen LogP contribution in [0, 0.1) is 41.4 Å². The fraction of sp³-hybridized carbons (Fsp3) is 0.909. The molecule has 11 nitrogen and oxygen atoms in total. The molecule has 4 N–H and O–H groups in total. The Morgan fingerprint density at radius 1 is 0.873 bits per heavy atom. The lowest BCUT2D eigenvalue weighted by molar-refractivity contribution is -0.409. The molecule has 11 heteroatoms. The van der Waals surface area contributed by atoms with Crippen LogP contribution in [0.25, 0.3) is 0 Å². The zero-order valence-corrected chi connectivity index (χ0v) is 36.0. The Morgan fingerprint density at radius 3 is 2.11 bits per heavy atom. The number of carbonyl (C=O) groups excluding carboxylic acids is 1. The predicted octanol–water partition coefficient (Wildman–Crippen LogP) is 7.21. The number of rotatable bonds is 12. The van der Waals surface area contributed by atoms with E-state index < -0.39 is 76.8 Å². The Morgan fingerprint density at radius 2 is 1.53 bits per heavy atom. The monoisotopic (exact) mass is 781 g/mol. The fourth-order valence-electron chi connectivity index (χ4n) is 10.5. The fourth-order valence-corrected chi connectivity index (χ4v) is 10.5. The van der Waals surface area contributed by atoms with Gasteiger partial charge >= 0.3 is 5.97 Å². The Balaban J connectivity index is 0.00000331. The zero-order valence-electron chi connectivity index (χ0n) is 36.0. The summed E-state index contributed by atoms with van der Waals surface area (Å²) >= 11 is 0. The van der Waals surface area contributed by atoms with Gasteiger partial charge in [-0.1, -0.05) is 69.2 Å². The number of hydrogen-bond donors (Lipinski definition) is 4. The van der Waals surface area contributed by atoms with E-state index in [2.05, 4.69) is 20.8 Å². The molecule has 0 aromatic carbocycles. The van der Waals surface area contributed by atoms with Gasteiger partial charge in [0.1, 0.15) is 11.9 Å². The SMILES string of the molecule is CC.CC[C@@H](C(=O)O)C1CC[C@H](C)C([C@@H](C)[C@H](O)C(C)C(=O)[C@H](CC)C2O[C@]3(C=C[C@@H](O)[C@]4(CC[C@@](C)(C5CC[C@](O)(CC)C(C)O5)O4)O3)C(C)C[C@@H]2C)O1. The highest BCUT2D eigenvalue weighted by molar-refractivity contribution is 5.84. The lowest BCUT2D eigenvalue weighted by atomic mass is 9.72. The molecule has 5 aliphatic rings. The van der Waals surface area contributed by atoms with Crippen molar-refractivity contribution in [2.75, 3.05) is 0 Å². The molecule has 0 aromatic rings. The average molecular weight is 781 g/mol. The number of carbonyl (C=O) groups is 2. The molecule has 0 amide bonds. The van der Waals surface area contributed by atoms with Crippen LogP contribution in [0.15, 0.2) is 12.2 Å². The molecule has 0 saturated carbocycles. The number of hydrogen-bond acceptors (Lipinski definition) is 10. The number of aliphatic hydroxyl groups excluding tert-OH is 2. The molecule has 5 aliphatic heterocycles. The molecule has 2 spiro atoms. The molecule has 4 fully saturated rings. The Kier molecular flexibility index (Phi) is 15.3. The molecule has 55 heavy (non-hydrogen) atoms. The van der Waals surface area contributed by atoms with Crippen molar-refractivity contribution in [3.8, 4) is 0 Å². The second-order valence-corrected chi connectivity index (χ2v) is 17.9. The van der Waals surface area contributed by atoms with Gasteiger partial charge < -0.3 is 44.1 Å². The van der Waals surface area contributed by atoms with E-state index in [9.17, 15) is 30.0 Å². The first-order chi connectivity index (χ1) is 25.8. The first-order valence-electron chi connectivity index (χ1n) is 21.7. The summed E-state index contributed by atoms with van der Waals surface area (Å²) in [6.07, 6.45) is 5.51. The predicted molar refractivity (Wildman–Crippen MR) is 210 cm³/mol. The van der Waals surface area contributed by atoms with Gasteiger partial charge in [0, 0.05) is 30.1 Å². The third kappa shape index (κ3) is 8.94. The smallest absolute Gasteiger partial charge is 0.309 e. The summed E-state index contributed by atoms with van der Waals surface area (Å²) < 4.78 is 33.5. The van der Waals surface area contributed by atoms with Crippen LogP contribution in [0.1, 0.15) is 147 Å². The number of ketones is 1. The third-order valence-corrected chi connectivity index (χ3v) is 14.4. The summed E-state index contributed by atoms with van der Waals surface area (Å²) in [7, 11) is 0. The van der Waals surface area contributed by atoms with Crippen LogP contribution >= 0.6 is 0 Å². The van der Waals surface area contributed by atoms with Gasteiger partial charge in [0.05, 0.1) is 53.7 Å². The van der Waals surface area contributed by atoms with Crippen molar-refractivity contribution in [1.29, 1.82) is 0 Å². The highest BCUT2D eigenvalue weighted by atomic mass is 16.8. The molecule has 0 aliphatic carbocycles. The minimum Gasteiger partial charge on any atom is -0.481 e. The molecular formula is C44H76O11. The average Bonchev–Trinajstić information content (AvgIpc) is 3.51. The molecule has 0 radical (unpaired) electrons. The van der Waals surface area contributed by atoms with Crippen molar-refractivity contribution in [2.45, 2.75) is 213 Å². The van der Waals surface area contributed by atoms with Gasteiger partial charge in [-0.25, -0.2) is 0 Å². The van der Waals surface area contributed by atoms with E-state index >= 15 is 0 Å². The molecule has 4 saturated heterocycles. The molecule has 0 bridgehead atoms. The normalized spacial score (nSPS) is 44.6. The van der Waals surface area contributed by atoms with Crippen LogP contribution in [-0.4, -0.2) is 97.7 Å². The molecule has 5 heterocycles. The lowest BCUT2D eigenvalue weighted by Gasteiger charge is -2.54. The summed E-state index contributed by atoms with van der Waals surface area (Å²) in [5.41, 5.74) is -1.63. The van der Waals surface area contributed by atoms with E-state index in [1.807, 2.05) is 55.4 Å². The van der Waals surface area contributed by atoms with E-state index in [1.54, 1.807) is 19.1 Å². The van der Waals surface area contributed by atoms with Gasteiger partial charge in [0.15, 0.2) is 5.79 Å². The summed E-state index contributed by atoms with van der Waals surface area (Å²) in [6, 6.07) is 0. The Hall–Kier alpha value is -1.44. The van der Waals surface area contributed by atoms with E-state index in [-0.39, 0.29) is 41.8 Å². The molecule has 0 aromatic heterocycles. The second-order valence-electron chi connectivity index (χ2n) is 17.9. The van der Waals surface area contributed by atoms with E-state index in [1.165, 1.54) is 0 Å². The molecule has 5 rings (SSSR count). The number of aliphatic hydroxyl groups is 3. The molecular weight excluding hydrogens is 704 g/mol. The lowest BCUT2D eigenvalue weighted by Crippen LogP contribution is -2.63. The van der Waals surface area contributed by atoms with Gasteiger partial charge in [0.25, 0.3) is 0 Å². The van der Waals surface area contributed by atoms with Crippen molar-refractivity contribution < 1.29 is 53.7 Å². The first kappa shape index (κ1) is 46.3. The topological polar surface area (TPSA) is 161 Å². The summed E-state index contributed by atoms with van der Waals surface area (Å²) in [6.45, 7) is 23.6. The maximum absolute atomic E-state index is 14.4. The second kappa shape index (κ2) is 18.2. The highest BCUT2D eigenvalue weighted by Gasteiger charge is 2.63. The number of aliphatic carboxylic acids is 1. The molecule has 18 atom stereocenters. The number of ether oxygens (including phenoxy) is 5. The standard InChI is InChI=1S/C42H70O11.C2H6/c1-11-29(38(46)47)31-15-14-23(4)36(50-31)27(8)34(44)26(7)35(45)30(12-2)37-24(5)22-25(6)41(51-37)19-16-32(43)42(53-41)21-20-39(10,52-42)33-17-18-40(48,13-3)28(9)49-33;1-2/h16,19,23-34,36-37,43-44,48H,11-15,17-18,20-22H2,1-10H3,(H,46,47);1-2H3/t23-,24-,25?,26?,27-,28?,29+,30-,31?,32+,33?,34+,36?,37?,39-,40+,41-,42-;/m0./s1. The number of carboxylic acids is 1. The Labute approximate surface area is 331 Å². The summed E-state index contributed by atoms with van der Waals surface area (Å²) in [5.74, 6) is -5.78. The van der Waals surface area contributed by atoms with Gasteiger partial charge in [-0.05, 0) is 95.6 Å².